The van der Waals surface area contributed by atoms with E-state index >= 15 is 0 Å². The molecular weight excluding hydrogens is 304 g/mol. The third kappa shape index (κ3) is 4.01. The Morgan fingerprint density at radius 3 is 2.79 bits per heavy atom. The van der Waals surface area contributed by atoms with Crippen molar-refractivity contribution in [1.82, 2.24) is 14.9 Å². The van der Waals surface area contributed by atoms with E-state index in [2.05, 4.69) is 21.4 Å². The van der Waals surface area contributed by atoms with Crippen molar-refractivity contribution in [3.05, 3.63) is 47.9 Å². The van der Waals surface area contributed by atoms with Gasteiger partial charge in [0.15, 0.2) is 0 Å². The molecule has 126 valence electrons. The molecule has 0 bridgehead atoms. The van der Waals surface area contributed by atoms with Gasteiger partial charge in [0.25, 0.3) is 5.91 Å². The first-order chi connectivity index (χ1) is 11.8. The first-order valence-electron chi connectivity index (χ1n) is 8.24. The highest BCUT2D eigenvalue weighted by atomic mass is 16.5. The highest BCUT2D eigenvalue weighted by molar-refractivity contribution is 5.92. The number of likely N-dealkylation sites (tertiary alicyclic amines) is 1. The Hall–Kier alpha value is -2.63. The number of rotatable bonds is 6. The standard InChI is InChI=1S/C18H22N4O2/c1-24-15-6-4-5-14(11-15)7-8-19-17-13-20-16(12-21-17)18(23)22-9-2-3-10-22/h4-6,11-13H,2-3,7-10H2,1H3,(H,19,21). The van der Waals surface area contributed by atoms with Crippen LogP contribution in [-0.4, -0.2) is 47.5 Å². The summed E-state index contributed by atoms with van der Waals surface area (Å²) in [6, 6.07) is 7.99. The maximum Gasteiger partial charge on any atom is 0.274 e. The molecule has 0 unspecified atom stereocenters. The van der Waals surface area contributed by atoms with E-state index in [9.17, 15) is 4.79 Å². The lowest BCUT2D eigenvalue weighted by Gasteiger charge is -2.14. The summed E-state index contributed by atoms with van der Waals surface area (Å²) < 4.78 is 5.22. The zero-order valence-corrected chi connectivity index (χ0v) is 13.9. The summed E-state index contributed by atoms with van der Waals surface area (Å²) >= 11 is 0. The van der Waals surface area contributed by atoms with Crippen molar-refractivity contribution < 1.29 is 9.53 Å². The van der Waals surface area contributed by atoms with Crippen molar-refractivity contribution in [2.24, 2.45) is 0 Å². The molecule has 1 aliphatic rings. The molecule has 1 saturated heterocycles. The number of nitrogens with one attached hydrogen (secondary N) is 1. The van der Waals surface area contributed by atoms with Gasteiger partial charge in [-0.2, -0.15) is 0 Å². The van der Waals surface area contributed by atoms with Crippen molar-refractivity contribution in [2.45, 2.75) is 19.3 Å². The van der Waals surface area contributed by atoms with Crippen molar-refractivity contribution in [3.8, 4) is 5.75 Å². The van der Waals surface area contributed by atoms with E-state index in [-0.39, 0.29) is 5.91 Å². The summed E-state index contributed by atoms with van der Waals surface area (Å²) in [4.78, 5) is 22.6. The molecule has 0 radical (unpaired) electrons. The van der Waals surface area contributed by atoms with Crippen LogP contribution in [0.4, 0.5) is 5.82 Å². The van der Waals surface area contributed by atoms with Gasteiger partial charge in [-0.15, -0.1) is 0 Å². The van der Waals surface area contributed by atoms with Crippen LogP contribution in [0.15, 0.2) is 36.7 Å². The topological polar surface area (TPSA) is 67.3 Å². The number of benzene rings is 1. The molecule has 2 aromatic rings. The number of amides is 1. The lowest BCUT2D eigenvalue weighted by molar-refractivity contribution is 0.0786. The van der Waals surface area contributed by atoms with Gasteiger partial charge in [0, 0.05) is 19.6 Å². The summed E-state index contributed by atoms with van der Waals surface area (Å²) in [5, 5.41) is 3.23. The van der Waals surface area contributed by atoms with Crippen LogP contribution in [-0.2, 0) is 6.42 Å². The lowest BCUT2D eigenvalue weighted by Crippen LogP contribution is -2.28. The first-order valence-corrected chi connectivity index (χ1v) is 8.24. The zero-order chi connectivity index (χ0) is 16.8. The largest absolute Gasteiger partial charge is 0.497 e. The van der Waals surface area contributed by atoms with E-state index in [0.717, 1.165) is 44.6 Å². The molecule has 2 heterocycles. The Morgan fingerprint density at radius 2 is 2.08 bits per heavy atom. The number of methoxy groups -OCH3 is 1. The number of hydrogen-bond acceptors (Lipinski definition) is 5. The quantitative estimate of drug-likeness (QED) is 0.883. The highest BCUT2D eigenvalue weighted by Crippen LogP contribution is 2.14. The van der Waals surface area contributed by atoms with Gasteiger partial charge >= 0.3 is 0 Å². The molecular formula is C18H22N4O2. The van der Waals surface area contributed by atoms with Crippen molar-refractivity contribution in [3.63, 3.8) is 0 Å². The van der Waals surface area contributed by atoms with E-state index in [1.54, 1.807) is 19.5 Å². The minimum absolute atomic E-state index is 0.0251. The molecule has 1 aliphatic heterocycles. The number of carbonyl (C=O) groups is 1. The molecule has 1 aromatic carbocycles. The number of hydrogen-bond donors (Lipinski definition) is 1. The van der Waals surface area contributed by atoms with Crippen LogP contribution >= 0.6 is 0 Å². The highest BCUT2D eigenvalue weighted by Gasteiger charge is 2.20. The summed E-state index contributed by atoms with van der Waals surface area (Å²) in [5.41, 5.74) is 1.60. The molecule has 0 atom stereocenters. The third-order valence-corrected chi connectivity index (χ3v) is 4.12. The molecule has 1 amide bonds. The summed E-state index contributed by atoms with van der Waals surface area (Å²) in [7, 11) is 1.66. The van der Waals surface area contributed by atoms with Crippen molar-refractivity contribution >= 4 is 11.7 Å². The zero-order valence-electron chi connectivity index (χ0n) is 13.9. The van der Waals surface area contributed by atoms with Crippen molar-refractivity contribution in [2.75, 3.05) is 32.1 Å². The minimum Gasteiger partial charge on any atom is -0.497 e. The van der Waals surface area contributed by atoms with Crippen LogP contribution in [0, 0.1) is 0 Å². The predicted octanol–water partition coefficient (Wildman–Crippen LogP) is 2.38. The SMILES string of the molecule is COc1cccc(CCNc2cnc(C(=O)N3CCCC3)cn2)c1. The Bertz CT molecular complexity index is 682. The summed E-state index contributed by atoms with van der Waals surface area (Å²) in [6.45, 7) is 2.38. The smallest absolute Gasteiger partial charge is 0.274 e. The second-order valence-corrected chi connectivity index (χ2v) is 5.81. The molecule has 0 spiro atoms. The normalized spacial score (nSPS) is 13.8. The number of carbonyl (C=O) groups excluding carboxylic acids is 1. The Morgan fingerprint density at radius 1 is 1.25 bits per heavy atom. The van der Waals surface area contributed by atoms with Crippen LogP contribution in [0.2, 0.25) is 0 Å². The molecule has 6 heteroatoms. The van der Waals surface area contributed by atoms with Gasteiger partial charge in [-0.1, -0.05) is 12.1 Å². The van der Waals surface area contributed by atoms with E-state index < -0.39 is 0 Å². The minimum atomic E-state index is -0.0251. The Balaban J connectivity index is 1.51. The molecule has 6 nitrogen and oxygen atoms in total. The average molecular weight is 326 g/mol. The van der Waals surface area contributed by atoms with Gasteiger partial charge < -0.3 is 15.0 Å². The molecule has 1 aromatic heterocycles. The monoisotopic (exact) mass is 326 g/mol. The fourth-order valence-corrected chi connectivity index (χ4v) is 2.77. The fraction of sp³-hybridized carbons (Fsp3) is 0.389. The molecule has 1 N–H and O–H groups in total. The maximum atomic E-state index is 12.2. The van der Waals surface area contributed by atoms with Crippen LogP contribution in [0.3, 0.4) is 0 Å². The van der Waals surface area contributed by atoms with Crippen molar-refractivity contribution in [1.29, 1.82) is 0 Å². The summed E-state index contributed by atoms with van der Waals surface area (Å²) in [6.07, 6.45) is 6.17. The lowest BCUT2D eigenvalue weighted by atomic mass is 10.1. The van der Waals surface area contributed by atoms with Gasteiger partial charge in [0.1, 0.15) is 17.3 Å². The maximum absolute atomic E-state index is 12.2. The van der Waals surface area contributed by atoms with Gasteiger partial charge in [-0.25, -0.2) is 9.97 Å². The fourth-order valence-electron chi connectivity index (χ4n) is 2.77. The van der Waals surface area contributed by atoms with Crippen LogP contribution in [0.25, 0.3) is 0 Å². The number of ether oxygens (including phenoxy) is 1. The average Bonchev–Trinajstić information content (AvgIpc) is 3.16. The van der Waals surface area contributed by atoms with E-state index in [4.69, 9.17) is 4.74 Å². The number of anilines is 1. The van der Waals surface area contributed by atoms with E-state index in [1.807, 2.05) is 23.1 Å². The second-order valence-electron chi connectivity index (χ2n) is 5.81. The number of nitrogens with zero attached hydrogens (tertiary/aromatic N) is 3. The van der Waals surface area contributed by atoms with Crippen LogP contribution in [0.1, 0.15) is 28.9 Å². The van der Waals surface area contributed by atoms with Gasteiger partial charge in [0.05, 0.1) is 19.5 Å². The number of aromatic nitrogens is 2. The van der Waals surface area contributed by atoms with Gasteiger partial charge in [0.2, 0.25) is 0 Å². The van der Waals surface area contributed by atoms with E-state index in [1.165, 1.54) is 5.56 Å². The predicted molar refractivity (Wildman–Crippen MR) is 92.4 cm³/mol. The second kappa shape index (κ2) is 7.77. The Kier molecular flexibility index (Phi) is 5.25. The first kappa shape index (κ1) is 16.2. The molecule has 0 aliphatic carbocycles. The molecule has 3 rings (SSSR count). The van der Waals surface area contributed by atoms with Gasteiger partial charge in [-0.05, 0) is 37.0 Å². The molecule has 1 fully saturated rings. The third-order valence-electron chi connectivity index (χ3n) is 4.12. The van der Waals surface area contributed by atoms with Crippen LogP contribution in [0.5, 0.6) is 5.75 Å². The van der Waals surface area contributed by atoms with Gasteiger partial charge in [-0.3, -0.25) is 4.79 Å². The molecule has 24 heavy (non-hydrogen) atoms. The molecule has 0 saturated carbocycles. The Labute approximate surface area is 141 Å². The van der Waals surface area contributed by atoms with Crippen LogP contribution < -0.4 is 10.1 Å². The summed E-state index contributed by atoms with van der Waals surface area (Å²) in [5.74, 6) is 1.51. The van der Waals surface area contributed by atoms with E-state index in [0.29, 0.717) is 11.5 Å².